The van der Waals surface area contributed by atoms with E-state index in [-0.39, 0.29) is 23.2 Å². The van der Waals surface area contributed by atoms with Gasteiger partial charge < -0.3 is 10.1 Å². The number of rotatable bonds is 5. The average molecular weight is 252 g/mol. The van der Waals surface area contributed by atoms with E-state index in [9.17, 15) is 14.9 Å². The predicted octanol–water partition coefficient (Wildman–Crippen LogP) is 1.67. The topological polar surface area (TPSA) is 81.5 Å². The third kappa shape index (κ3) is 3.53. The van der Waals surface area contributed by atoms with Gasteiger partial charge in [0.25, 0.3) is 11.6 Å². The highest BCUT2D eigenvalue weighted by molar-refractivity contribution is 5.95. The standard InChI is InChI=1S/C12H16N2O4/c1-8-4-5-10(6-11(8)14(16)17)12(15)13-9(2)7-18-3/h4-6,9H,7H2,1-3H3,(H,13,15)/t9-/m0/s1. The molecule has 0 aromatic heterocycles. The van der Waals surface area contributed by atoms with Crippen molar-refractivity contribution in [3.8, 4) is 0 Å². The van der Waals surface area contributed by atoms with Crippen molar-refractivity contribution in [2.24, 2.45) is 0 Å². The van der Waals surface area contributed by atoms with E-state index < -0.39 is 4.92 Å². The molecule has 0 aliphatic carbocycles. The minimum atomic E-state index is -0.495. The second-order valence-electron chi connectivity index (χ2n) is 4.09. The Morgan fingerprint density at radius 1 is 1.56 bits per heavy atom. The van der Waals surface area contributed by atoms with E-state index in [1.54, 1.807) is 33.1 Å². The Morgan fingerprint density at radius 3 is 2.78 bits per heavy atom. The number of carbonyl (C=O) groups excluding carboxylic acids is 1. The average Bonchev–Trinajstić information content (AvgIpc) is 2.29. The second kappa shape index (κ2) is 6.11. The second-order valence-corrected chi connectivity index (χ2v) is 4.09. The van der Waals surface area contributed by atoms with Gasteiger partial charge in [-0.25, -0.2) is 0 Å². The van der Waals surface area contributed by atoms with Crippen molar-refractivity contribution in [3.05, 3.63) is 39.4 Å². The van der Waals surface area contributed by atoms with Crippen LogP contribution >= 0.6 is 0 Å². The van der Waals surface area contributed by atoms with Crippen molar-refractivity contribution in [1.82, 2.24) is 5.32 Å². The summed E-state index contributed by atoms with van der Waals surface area (Å²) in [7, 11) is 1.54. The van der Waals surface area contributed by atoms with Crippen LogP contribution in [0.5, 0.6) is 0 Å². The molecule has 0 radical (unpaired) electrons. The summed E-state index contributed by atoms with van der Waals surface area (Å²) in [5.74, 6) is -0.345. The first-order valence-corrected chi connectivity index (χ1v) is 5.50. The summed E-state index contributed by atoms with van der Waals surface area (Å²) in [4.78, 5) is 22.1. The van der Waals surface area contributed by atoms with Crippen LogP contribution in [0, 0.1) is 17.0 Å². The molecule has 0 fully saturated rings. The molecule has 1 atom stereocenters. The molecule has 0 saturated heterocycles. The molecular formula is C12H16N2O4. The van der Waals surface area contributed by atoms with Crippen molar-refractivity contribution >= 4 is 11.6 Å². The van der Waals surface area contributed by atoms with E-state index in [4.69, 9.17) is 4.74 Å². The summed E-state index contributed by atoms with van der Waals surface area (Å²) in [5, 5.41) is 13.5. The summed E-state index contributed by atoms with van der Waals surface area (Å²) >= 11 is 0. The smallest absolute Gasteiger partial charge is 0.273 e. The number of hydrogen-bond donors (Lipinski definition) is 1. The number of nitro groups is 1. The molecule has 1 amide bonds. The van der Waals surface area contributed by atoms with Crippen LogP contribution in [0.1, 0.15) is 22.8 Å². The van der Waals surface area contributed by atoms with Gasteiger partial charge in [0.05, 0.1) is 11.5 Å². The van der Waals surface area contributed by atoms with Crippen LogP contribution in [0.2, 0.25) is 0 Å². The molecule has 6 nitrogen and oxygen atoms in total. The quantitative estimate of drug-likeness (QED) is 0.638. The Morgan fingerprint density at radius 2 is 2.22 bits per heavy atom. The van der Waals surface area contributed by atoms with E-state index in [0.717, 1.165) is 0 Å². The molecule has 0 heterocycles. The Bertz CT molecular complexity index is 459. The highest BCUT2D eigenvalue weighted by atomic mass is 16.6. The minimum absolute atomic E-state index is 0.0537. The predicted molar refractivity (Wildman–Crippen MR) is 66.6 cm³/mol. The fourth-order valence-electron chi connectivity index (χ4n) is 1.55. The molecule has 1 N–H and O–H groups in total. The van der Waals surface area contributed by atoms with Crippen molar-refractivity contribution in [3.63, 3.8) is 0 Å². The summed E-state index contributed by atoms with van der Waals surface area (Å²) < 4.78 is 4.90. The molecule has 98 valence electrons. The first-order chi connectivity index (χ1) is 8.45. The fourth-order valence-corrected chi connectivity index (χ4v) is 1.55. The molecule has 18 heavy (non-hydrogen) atoms. The highest BCUT2D eigenvalue weighted by Crippen LogP contribution is 2.19. The van der Waals surface area contributed by atoms with E-state index >= 15 is 0 Å². The molecule has 1 aromatic carbocycles. The lowest BCUT2D eigenvalue weighted by molar-refractivity contribution is -0.385. The number of nitro benzene ring substituents is 1. The number of hydrogen-bond acceptors (Lipinski definition) is 4. The number of methoxy groups -OCH3 is 1. The zero-order valence-electron chi connectivity index (χ0n) is 10.6. The van der Waals surface area contributed by atoms with Crippen LogP contribution in [0.25, 0.3) is 0 Å². The van der Waals surface area contributed by atoms with Crippen molar-refractivity contribution < 1.29 is 14.5 Å². The number of aryl methyl sites for hydroxylation is 1. The minimum Gasteiger partial charge on any atom is -0.383 e. The van der Waals surface area contributed by atoms with Gasteiger partial charge in [-0.2, -0.15) is 0 Å². The fraction of sp³-hybridized carbons (Fsp3) is 0.417. The third-order valence-corrected chi connectivity index (χ3v) is 2.46. The zero-order chi connectivity index (χ0) is 13.7. The number of carbonyl (C=O) groups is 1. The first-order valence-electron chi connectivity index (χ1n) is 5.50. The van der Waals surface area contributed by atoms with E-state index in [1.807, 2.05) is 0 Å². The number of ether oxygens (including phenoxy) is 1. The number of amides is 1. The SMILES string of the molecule is COC[C@H](C)NC(=O)c1ccc(C)c([N+](=O)[O-])c1. The molecule has 1 aromatic rings. The summed E-state index contributed by atoms with van der Waals surface area (Å²) in [6.07, 6.45) is 0. The van der Waals surface area contributed by atoms with Gasteiger partial charge in [0.15, 0.2) is 0 Å². The van der Waals surface area contributed by atoms with E-state index in [1.165, 1.54) is 6.07 Å². The molecule has 0 bridgehead atoms. The van der Waals surface area contributed by atoms with Gasteiger partial charge in [0.1, 0.15) is 0 Å². The van der Waals surface area contributed by atoms with Gasteiger partial charge >= 0.3 is 0 Å². The van der Waals surface area contributed by atoms with Crippen molar-refractivity contribution in [2.45, 2.75) is 19.9 Å². The van der Waals surface area contributed by atoms with E-state index in [0.29, 0.717) is 12.2 Å². The van der Waals surface area contributed by atoms with Gasteiger partial charge in [-0.3, -0.25) is 14.9 Å². The molecule has 0 saturated carbocycles. The lowest BCUT2D eigenvalue weighted by Crippen LogP contribution is -2.35. The number of nitrogens with one attached hydrogen (secondary N) is 1. The molecule has 0 aliphatic rings. The Kier molecular flexibility index (Phi) is 4.79. The lowest BCUT2D eigenvalue weighted by Gasteiger charge is -2.12. The molecule has 1 rings (SSSR count). The Balaban J connectivity index is 2.87. The van der Waals surface area contributed by atoms with Gasteiger partial charge in [-0.1, -0.05) is 6.07 Å². The van der Waals surface area contributed by atoms with Crippen LogP contribution in [-0.2, 0) is 4.74 Å². The number of benzene rings is 1. The Hall–Kier alpha value is -1.95. The molecular weight excluding hydrogens is 236 g/mol. The summed E-state index contributed by atoms with van der Waals surface area (Å²) in [6.45, 7) is 3.82. The summed E-state index contributed by atoms with van der Waals surface area (Å²) in [6, 6.07) is 4.26. The normalized spacial score (nSPS) is 11.9. The molecule has 0 unspecified atom stereocenters. The van der Waals surface area contributed by atoms with Gasteiger partial charge in [-0.15, -0.1) is 0 Å². The van der Waals surface area contributed by atoms with E-state index in [2.05, 4.69) is 5.32 Å². The van der Waals surface area contributed by atoms with Crippen LogP contribution in [0.4, 0.5) is 5.69 Å². The van der Waals surface area contributed by atoms with Crippen molar-refractivity contribution in [2.75, 3.05) is 13.7 Å². The van der Waals surface area contributed by atoms with Gasteiger partial charge in [-0.05, 0) is 19.9 Å². The van der Waals surface area contributed by atoms with Crippen LogP contribution in [0.3, 0.4) is 0 Å². The van der Waals surface area contributed by atoms with Gasteiger partial charge in [0.2, 0.25) is 0 Å². The monoisotopic (exact) mass is 252 g/mol. The zero-order valence-corrected chi connectivity index (χ0v) is 10.6. The molecule has 6 heteroatoms. The maximum Gasteiger partial charge on any atom is 0.273 e. The maximum atomic E-state index is 11.8. The van der Waals surface area contributed by atoms with Crippen LogP contribution < -0.4 is 5.32 Å². The largest absolute Gasteiger partial charge is 0.383 e. The first kappa shape index (κ1) is 14.1. The highest BCUT2D eigenvalue weighted by Gasteiger charge is 2.16. The van der Waals surface area contributed by atoms with Crippen LogP contribution in [-0.4, -0.2) is 30.6 Å². The van der Waals surface area contributed by atoms with Crippen molar-refractivity contribution in [1.29, 1.82) is 0 Å². The summed E-state index contributed by atoms with van der Waals surface area (Å²) in [5.41, 5.74) is 0.749. The van der Waals surface area contributed by atoms with Gasteiger partial charge in [0, 0.05) is 30.3 Å². The third-order valence-electron chi connectivity index (χ3n) is 2.46. The molecule has 0 spiro atoms. The Labute approximate surface area is 105 Å². The molecule has 0 aliphatic heterocycles. The van der Waals surface area contributed by atoms with Crippen LogP contribution in [0.15, 0.2) is 18.2 Å². The maximum absolute atomic E-state index is 11.8. The lowest BCUT2D eigenvalue weighted by atomic mass is 10.1. The number of nitrogens with zero attached hydrogens (tertiary/aromatic N) is 1.